The number of furan rings is 5. The molecule has 0 saturated carbocycles. The standard InChI is InChI=1S/C23H17Br2N3O.C23H17BrClN3O.C23H17BrFN3O.C23H18BrN3O.C22H17BrN4O/c3*1-13-9-10-29-23(13)21-22-14(2)27-20(16-5-3-4-6-18(16)25)17-11-15(24)7-8-19(17)28(22)12-26-21;1-14-10-11-28-23(14)21-22-15(2)26-20(16-6-4-3-5-7-16)18-12-17(24)8-9-19(18)27(22)13-25-21;1-13-8-10-28-22(13)20-21-14(2)26-19(17-5-3-4-9-24-17)16-11-15(23)6-7-18(16)27(21)12-25-20/h3*3-12,14H,1-2H3;3-13,15H,1-2H3;3-12,14H,1-2H3/t3*14-;15-;14-/m11111/s1. The van der Waals surface area contributed by atoms with Gasteiger partial charge in [0, 0.05) is 88.1 Å². The molecule has 11 aromatic heterocycles. The molecule has 25 rings (SSSR count). The van der Waals surface area contributed by atoms with E-state index in [0.29, 0.717) is 16.3 Å². The predicted molar refractivity (Wildman–Crippen MR) is 581 cm³/mol. The maximum Gasteiger partial charge on any atom is 0.157 e. The third-order valence-corrected chi connectivity index (χ3v) is 29.2. The van der Waals surface area contributed by atoms with Crippen LogP contribution in [0.1, 0.15) is 177 Å². The van der Waals surface area contributed by atoms with Gasteiger partial charge in [-0.25, -0.2) is 29.3 Å². The van der Waals surface area contributed by atoms with Gasteiger partial charge in [0.1, 0.15) is 65.9 Å². The minimum atomic E-state index is -0.295. The molecule has 0 fully saturated rings. The molecule has 0 bridgehead atoms. The second-order valence-corrected chi connectivity index (χ2v) is 40.8. The molecule has 5 aliphatic rings. The lowest BCUT2D eigenvalue weighted by atomic mass is 10.00. The number of hydrogen-bond acceptors (Lipinski definition) is 16. The second kappa shape index (κ2) is 40.1. The molecule has 0 amide bonds. The molecule has 5 aliphatic heterocycles. The Bertz CT molecular complexity index is 7830. The summed E-state index contributed by atoms with van der Waals surface area (Å²) >= 11 is 28.3. The van der Waals surface area contributed by atoms with Crippen LogP contribution in [0.25, 0.3) is 85.7 Å². The quantitative estimate of drug-likeness (QED) is 0.125. The van der Waals surface area contributed by atoms with Crippen LogP contribution in [0.3, 0.4) is 0 Å². The number of aryl methyl sites for hydroxylation is 5. The Labute approximate surface area is 878 Å². The number of aliphatic imine (C=N–C) groups is 5. The van der Waals surface area contributed by atoms with Crippen LogP contribution in [0, 0.1) is 40.4 Å². The zero-order valence-corrected chi connectivity index (χ0v) is 88.8. The summed E-state index contributed by atoms with van der Waals surface area (Å²) in [6, 6.07) is 78.9. The summed E-state index contributed by atoms with van der Waals surface area (Å²) in [7, 11) is 0. The van der Waals surface area contributed by atoms with E-state index in [1.807, 2.05) is 223 Å². The molecule has 29 heteroatoms. The van der Waals surface area contributed by atoms with E-state index in [1.165, 1.54) is 6.07 Å². The highest BCUT2D eigenvalue weighted by Crippen LogP contribution is 2.47. The highest BCUT2D eigenvalue weighted by Gasteiger charge is 2.37. The molecule has 5 atom stereocenters. The first kappa shape index (κ1) is 95.2. The van der Waals surface area contributed by atoms with Crippen LogP contribution in [-0.4, -0.2) is 81.3 Å². The van der Waals surface area contributed by atoms with Crippen molar-refractivity contribution >= 4 is 136 Å². The van der Waals surface area contributed by atoms with Gasteiger partial charge >= 0.3 is 0 Å². The van der Waals surface area contributed by atoms with Crippen molar-refractivity contribution in [2.24, 2.45) is 25.0 Å². The fourth-order valence-corrected chi connectivity index (χ4v) is 21.5. The molecule has 9 aromatic carbocycles. The molecule has 0 radical (unpaired) electrons. The number of rotatable bonds is 10. The van der Waals surface area contributed by atoms with E-state index in [0.717, 1.165) is 242 Å². The molecule has 0 spiro atoms. The highest BCUT2D eigenvalue weighted by atomic mass is 79.9. The minimum absolute atomic E-state index is 0.0802. The summed E-state index contributed by atoms with van der Waals surface area (Å²) in [6.07, 6.45) is 19.5. The zero-order chi connectivity index (χ0) is 98.9. The van der Waals surface area contributed by atoms with E-state index in [4.69, 9.17) is 73.6 Å². The molecule has 0 aliphatic carbocycles. The van der Waals surface area contributed by atoms with Crippen LogP contribution in [0.2, 0.25) is 5.02 Å². The fourth-order valence-electron chi connectivity index (χ4n) is 19.0. The summed E-state index contributed by atoms with van der Waals surface area (Å²) in [4.78, 5) is 53.4. The molecule has 0 N–H and O–H groups in total. The average Bonchev–Trinajstić information content (AvgIpc) is 1.66. The number of halogens is 8. The van der Waals surface area contributed by atoms with Gasteiger partial charge in [0.25, 0.3) is 0 Å². The van der Waals surface area contributed by atoms with Crippen LogP contribution < -0.4 is 0 Å². The molecule has 0 saturated heterocycles. The molecular formula is C114H86Br6ClFN16O5. The first-order chi connectivity index (χ1) is 69.4. The van der Waals surface area contributed by atoms with Crippen molar-refractivity contribution < 1.29 is 26.5 Å². The number of fused-ring (bicyclic) bond motifs is 15. The Balaban J connectivity index is 0.000000106. The Morgan fingerprint density at radius 3 is 0.874 bits per heavy atom. The Morgan fingerprint density at radius 2 is 0.552 bits per heavy atom. The zero-order valence-electron chi connectivity index (χ0n) is 78.6. The lowest BCUT2D eigenvalue weighted by Gasteiger charge is -2.13. The molecule has 708 valence electrons. The van der Waals surface area contributed by atoms with E-state index < -0.39 is 0 Å². The highest BCUT2D eigenvalue weighted by molar-refractivity contribution is 9.11. The van der Waals surface area contributed by atoms with E-state index in [2.05, 4.69) is 229 Å². The van der Waals surface area contributed by atoms with Gasteiger partial charge in [-0.3, -0.25) is 52.8 Å². The van der Waals surface area contributed by atoms with Gasteiger partial charge in [0.2, 0.25) is 0 Å². The molecular weight excluding hydrogens is 2210 g/mol. The van der Waals surface area contributed by atoms with Gasteiger partial charge in [-0.05, 0) is 255 Å². The SMILES string of the molecule is Cc1ccoc1-c1ncn2c1[C@@H](C)N=C(c1ccccc1)c1cc(Br)ccc1-2.Cc1ccoc1-c1ncn2c1[C@@H](C)N=C(c1ccccc1Br)c1cc(Br)ccc1-2.Cc1ccoc1-c1ncn2c1[C@@H](C)N=C(c1ccccc1Cl)c1cc(Br)ccc1-2.Cc1ccoc1-c1ncn2c1[C@@H](C)N=C(c1ccccc1F)c1cc(Br)ccc1-2.Cc1ccoc1-c1ncn2c1[C@@H](C)N=C(c1ccccn1)c1cc(Br)ccc1-2. The monoisotopic (exact) mass is 2290 g/mol. The van der Waals surface area contributed by atoms with Crippen LogP contribution in [0.15, 0.2) is 386 Å². The Kier molecular flexibility index (Phi) is 26.7. The summed E-state index contributed by atoms with van der Waals surface area (Å²) < 4.78 is 59.9. The van der Waals surface area contributed by atoms with Crippen molar-refractivity contribution in [2.75, 3.05) is 0 Å². The average molecular weight is 2290 g/mol. The molecule has 0 unspecified atom stereocenters. The molecule has 21 nitrogen and oxygen atoms in total. The largest absolute Gasteiger partial charge is 0.462 e. The van der Waals surface area contributed by atoms with Crippen molar-refractivity contribution in [1.82, 2.24) is 52.7 Å². The van der Waals surface area contributed by atoms with Gasteiger partial charge in [0.05, 0.1) is 153 Å². The Hall–Kier alpha value is -14.0. The summed E-state index contributed by atoms with van der Waals surface area (Å²) in [5, 5.41) is 0.677. The van der Waals surface area contributed by atoms with Gasteiger partial charge in [0.15, 0.2) is 28.8 Å². The molecule has 143 heavy (non-hydrogen) atoms. The molecule has 20 aromatic rings. The van der Waals surface area contributed by atoms with Crippen molar-refractivity contribution in [1.29, 1.82) is 0 Å². The third kappa shape index (κ3) is 18.1. The van der Waals surface area contributed by atoms with Crippen molar-refractivity contribution in [3.8, 4) is 85.7 Å². The topological polar surface area (TPSA) is 229 Å². The van der Waals surface area contributed by atoms with E-state index in [1.54, 1.807) is 56.0 Å². The number of hydrogen-bond donors (Lipinski definition) is 0. The smallest absolute Gasteiger partial charge is 0.157 e. The first-order valence-electron chi connectivity index (χ1n) is 46.1. The van der Waals surface area contributed by atoms with Gasteiger partial charge in [-0.2, -0.15) is 0 Å². The lowest BCUT2D eigenvalue weighted by Crippen LogP contribution is -2.09. The number of aromatic nitrogens is 11. The number of imidazole rings is 5. The van der Waals surface area contributed by atoms with Crippen molar-refractivity contribution in [2.45, 2.75) is 99.4 Å². The van der Waals surface area contributed by atoms with Crippen LogP contribution in [0.4, 0.5) is 4.39 Å². The van der Waals surface area contributed by atoms with Crippen molar-refractivity contribution in [3.63, 3.8) is 0 Å². The van der Waals surface area contributed by atoms with E-state index in [9.17, 15) is 4.39 Å². The van der Waals surface area contributed by atoms with Crippen LogP contribution >= 0.6 is 107 Å². The lowest BCUT2D eigenvalue weighted by molar-refractivity contribution is 0.576. The maximum atomic E-state index is 14.7. The van der Waals surface area contributed by atoms with E-state index >= 15 is 0 Å². The fraction of sp³-hybridized carbons (Fsp3) is 0.132. The Morgan fingerprint density at radius 1 is 0.273 bits per heavy atom. The minimum Gasteiger partial charge on any atom is -0.462 e. The summed E-state index contributed by atoms with van der Waals surface area (Å²) in [6.45, 7) is 20.5. The summed E-state index contributed by atoms with van der Waals surface area (Å²) in [5.41, 5.74) is 33.0. The number of nitrogens with zero attached hydrogens (tertiary/aromatic N) is 16. The molecule has 16 heterocycles. The van der Waals surface area contributed by atoms with Crippen LogP contribution in [-0.2, 0) is 0 Å². The van der Waals surface area contributed by atoms with Crippen LogP contribution in [0.5, 0.6) is 0 Å². The number of pyridine rings is 1. The maximum absolute atomic E-state index is 14.7. The van der Waals surface area contributed by atoms with Crippen molar-refractivity contribution in [3.05, 3.63) is 462 Å². The van der Waals surface area contributed by atoms with Gasteiger partial charge in [-0.15, -0.1) is 0 Å². The number of benzene rings is 9. The second-order valence-electron chi connectivity index (χ2n) is 35.0. The first-order valence-corrected chi connectivity index (χ1v) is 51.2. The van der Waals surface area contributed by atoms with Gasteiger partial charge in [-0.1, -0.05) is 192 Å². The predicted octanol–water partition coefficient (Wildman–Crippen LogP) is 31.5. The summed E-state index contributed by atoms with van der Waals surface area (Å²) in [5.74, 6) is 3.60. The van der Waals surface area contributed by atoms with E-state index in [-0.39, 0.29) is 36.0 Å². The third-order valence-electron chi connectivity index (χ3n) is 25.7. The van der Waals surface area contributed by atoms with Gasteiger partial charge < -0.3 is 22.1 Å². The normalized spacial score (nSPS) is 15.5.